The van der Waals surface area contributed by atoms with Gasteiger partial charge in [0.2, 0.25) is 0 Å². The fourth-order valence-electron chi connectivity index (χ4n) is 4.62. The van der Waals surface area contributed by atoms with Gasteiger partial charge in [0.25, 0.3) is 5.91 Å². The molecule has 0 aromatic heterocycles. The minimum absolute atomic E-state index is 0.0298. The third-order valence-corrected chi connectivity index (χ3v) is 7.20. The second-order valence-corrected chi connectivity index (χ2v) is 9.30. The number of nitrogens with zero attached hydrogens (tertiary/aromatic N) is 2. The van der Waals surface area contributed by atoms with Gasteiger partial charge in [-0.05, 0) is 91.3 Å². The van der Waals surface area contributed by atoms with Crippen LogP contribution in [0, 0.1) is 0 Å². The van der Waals surface area contributed by atoms with Gasteiger partial charge in [-0.15, -0.1) is 0 Å². The molecular weight excluding hydrogens is 456 g/mol. The van der Waals surface area contributed by atoms with Crippen molar-refractivity contribution in [3.8, 4) is 11.5 Å². The van der Waals surface area contributed by atoms with Crippen molar-refractivity contribution in [1.29, 1.82) is 0 Å². The first kappa shape index (κ1) is 22.2. The molecule has 2 fully saturated rings. The van der Waals surface area contributed by atoms with E-state index >= 15 is 0 Å². The molecule has 1 unspecified atom stereocenters. The van der Waals surface area contributed by atoms with Gasteiger partial charge in [-0.3, -0.25) is 4.79 Å². The Morgan fingerprint density at radius 3 is 2.65 bits per heavy atom. The molecule has 0 aliphatic carbocycles. The van der Waals surface area contributed by atoms with Gasteiger partial charge >= 0.3 is 0 Å². The summed E-state index contributed by atoms with van der Waals surface area (Å²) < 4.78 is 6.56. The third-order valence-electron chi connectivity index (χ3n) is 6.41. The molecule has 6 heteroatoms. The van der Waals surface area contributed by atoms with Gasteiger partial charge < -0.3 is 19.6 Å². The Labute approximate surface area is 193 Å². The number of amides is 1. The summed E-state index contributed by atoms with van der Waals surface area (Å²) in [5.41, 5.74) is 1.97. The van der Waals surface area contributed by atoms with Crippen molar-refractivity contribution in [3.63, 3.8) is 0 Å². The maximum absolute atomic E-state index is 13.6. The number of benzene rings is 2. The minimum atomic E-state index is 0.0298. The molecule has 5 nitrogen and oxygen atoms in total. The van der Waals surface area contributed by atoms with Crippen LogP contribution >= 0.6 is 15.9 Å². The van der Waals surface area contributed by atoms with Crippen LogP contribution in [-0.2, 0) is 6.42 Å². The first-order valence-electron chi connectivity index (χ1n) is 11.3. The molecule has 1 N–H and O–H groups in total. The predicted molar refractivity (Wildman–Crippen MR) is 126 cm³/mol. The van der Waals surface area contributed by atoms with Crippen LogP contribution in [-0.4, -0.2) is 59.6 Å². The van der Waals surface area contributed by atoms with Crippen molar-refractivity contribution in [1.82, 2.24) is 9.80 Å². The minimum Gasteiger partial charge on any atom is -0.507 e. The molecule has 2 aromatic carbocycles. The van der Waals surface area contributed by atoms with Gasteiger partial charge in [0.15, 0.2) is 0 Å². The van der Waals surface area contributed by atoms with Crippen molar-refractivity contribution >= 4 is 21.8 Å². The Bertz CT molecular complexity index is 898. The number of aromatic hydroxyl groups is 1. The summed E-state index contributed by atoms with van der Waals surface area (Å²) in [6, 6.07) is 13.3. The molecule has 0 radical (unpaired) electrons. The summed E-state index contributed by atoms with van der Waals surface area (Å²) in [6.07, 6.45) is 6.52. The summed E-state index contributed by atoms with van der Waals surface area (Å²) in [5.74, 6) is 0.866. The number of halogens is 1. The van der Waals surface area contributed by atoms with E-state index in [0.29, 0.717) is 16.8 Å². The number of hydrogen-bond donors (Lipinski definition) is 1. The molecule has 0 saturated carbocycles. The zero-order valence-corrected chi connectivity index (χ0v) is 19.5. The first-order chi connectivity index (χ1) is 15.1. The summed E-state index contributed by atoms with van der Waals surface area (Å²) in [5, 5.41) is 9.89. The Balaban J connectivity index is 1.45. The molecular formula is C25H31BrN2O3. The van der Waals surface area contributed by atoms with Crippen LogP contribution in [0.25, 0.3) is 0 Å². The quantitative estimate of drug-likeness (QED) is 0.606. The first-order valence-corrected chi connectivity index (χ1v) is 12.1. The normalized spacial score (nSPS) is 19.5. The van der Waals surface area contributed by atoms with E-state index in [1.807, 2.05) is 29.2 Å². The van der Waals surface area contributed by atoms with Gasteiger partial charge in [0.05, 0.1) is 6.04 Å². The lowest BCUT2D eigenvalue weighted by Gasteiger charge is -2.36. The fourth-order valence-corrected chi connectivity index (χ4v) is 5.00. The maximum Gasteiger partial charge on any atom is 0.254 e. The summed E-state index contributed by atoms with van der Waals surface area (Å²) in [6.45, 7) is 4.54. The lowest BCUT2D eigenvalue weighted by Crippen LogP contribution is -2.47. The highest BCUT2D eigenvalue weighted by molar-refractivity contribution is 9.10. The molecule has 1 atom stereocenters. The molecule has 2 saturated heterocycles. The zero-order valence-electron chi connectivity index (χ0n) is 17.9. The average Bonchev–Trinajstić information content (AvgIpc) is 3.32. The van der Waals surface area contributed by atoms with E-state index < -0.39 is 0 Å². The van der Waals surface area contributed by atoms with Gasteiger partial charge in [-0.1, -0.05) is 24.3 Å². The highest BCUT2D eigenvalue weighted by atomic mass is 79.9. The highest BCUT2D eigenvalue weighted by Crippen LogP contribution is 2.33. The molecule has 31 heavy (non-hydrogen) atoms. The van der Waals surface area contributed by atoms with E-state index in [-0.39, 0.29) is 17.7 Å². The van der Waals surface area contributed by atoms with Crippen molar-refractivity contribution in [2.24, 2.45) is 0 Å². The number of likely N-dealkylation sites (tertiary alicyclic amines) is 2. The van der Waals surface area contributed by atoms with Gasteiger partial charge in [-0.25, -0.2) is 0 Å². The van der Waals surface area contributed by atoms with Crippen LogP contribution in [0.5, 0.6) is 11.5 Å². The molecule has 2 aliphatic heterocycles. The Kier molecular flexibility index (Phi) is 7.51. The number of rotatable bonds is 7. The number of phenols is 1. The third kappa shape index (κ3) is 5.42. The monoisotopic (exact) mass is 486 g/mol. The molecule has 166 valence electrons. The zero-order chi connectivity index (χ0) is 21.6. The number of hydrogen-bond acceptors (Lipinski definition) is 4. The summed E-state index contributed by atoms with van der Waals surface area (Å²) in [4.78, 5) is 18.1. The lowest BCUT2D eigenvalue weighted by molar-refractivity contribution is 0.0526. The number of carbonyl (C=O) groups excluding carboxylic acids is 1. The maximum atomic E-state index is 13.6. The predicted octanol–water partition coefficient (Wildman–Crippen LogP) is 4.87. The fraction of sp³-hybridized carbons (Fsp3) is 0.480. The number of ether oxygens (including phenoxy) is 1. The van der Waals surface area contributed by atoms with Gasteiger partial charge in [-0.2, -0.15) is 0 Å². The van der Waals surface area contributed by atoms with Crippen LogP contribution < -0.4 is 4.74 Å². The topological polar surface area (TPSA) is 53.0 Å². The van der Waals surface area contributed by atoms with Crippen molar-refractivity contribution in [2.45, 2.75) is 44.6 Å². The largest absolute Gasteiger partial charge is 0.507 e. The second kappa shape index (κ2) is 10.5. The van der Waals surface area contributed by atoms with E-state index in [2.05, 4.69) is 26.9 Å². The van der Waals surface area contributed by atoms with Crippen LogP contribution in [0.1, 0.15) is 48.0 Å². The van der Waals surface area contributed by atoms with Crippen molar-refractivity contribution in [3.05, 3.63) is 58.1 Å². The molecule has 4 rings (SSSR count). The number of carbonyl (C=O) groups is 1. The van der Waals surface area contributed by atoms with Crippen LogP contribution in [0.4, 0.5) is 0 Å². The molecule has 0 bridgehead atoms. The van der Waals surface area contributed by atoms with E-state index in [9.17, 15) is 9.90 Å². The smallest absolute Gasteiger partial charge is 0.254 e. The van der Waals surface area contributed by atoms with E-state index in [4.69, 9.17) is 4.74 Å². The lowest BCUT2D eigenvalue weighted by atomic mass is 9.98. The molecule has 0 spiro atoms. The average molecular weight is 487 g/mol. The van der Waals surface area contributed by atoms with Crippen molar-refractivity contribution in [2.75, 3.05) is 32.8 Å². The molecule has 2 heterocycles. The van der Waals surface area contributed by atoms with E-state index in [0.717, 1.165) is 49.9 Å². The number of phenolic OH excluding ortho intramolecular Hbond substituents is 1. The Morgan fingerprint density at radius 2 is 1.81 bits per heavy atom. The van der Waals surface area contributed by atoms with Gasteiger partial charge in [0, 0.05) is 18.7 Å². The summed E-state index contributed by atoms with van der Waals surface area (Å²) in [7, 11) is 0. The van der Waals surface area contributed by atoms with Crippen LogP contribution in [0.15, 0.2) is 46.9 Å². The van der Waals surface area contributed by atoms with E-state index in [1.165, 1.54) is 25.9 Å². The highest BCUT2D eigenvalue weighted by Gasteiger charge is 2.29. The number of piperidine rings is 1. The second-order valence-electron chi connectivity index (χ2n) is 8.50. The SMILES string of the molecule is O=C(c1ccccc1CCN1CCCC1)N1CCCCC1COc1cccc(O)c1Br. The van der Waals surface area contributed by atoms with Gasteiger partial charge in [0.1, 0.15) is 22.6 Å². The summed E-state index contributed by atoms with van der Waals surface area (Å²) >= 11 is 3.38. The van der Waals surface area contributed by atoms with E-state index in [1.54, 1.807) is 12.1 Å². The van der Waals surface area contributed by atoms with Crippen LogP contribution in [0.3, 0.4) is 0 Å². The van der Waals surface area contributed by atoms with Crippen LogP contribution in [0.2, 0.25) is 0 Å². The molecule has 2 aromatic rings. The Hall–Kier alpha value is -2.05. The standard InChI is InChI=1S/C25H31BrN2O3/c26-24-22(29)11-7-12-23(24)31-18-20-9-3-4-16-28(20)25(30)21-10-2-1-8-19(21)13-17-27-14-5-6-15-27/h1-2,7-8,10-12,20,29H,3-6,9,13-18H2. The Morgan fingerprint density at radius 1 is 1.03 bits per heavy atom. The van der Waals surface area contributed by atoms with Crippen molar-refractivity contribution < 1.29 is 14.6 Å². The molecule has 2 aliphatic rings. The molecule has 1 amide bonds.